The van der Waals surface area contributed by atoms with Crippen LogP contribution in [0.3, 0.4) is 0 Å². The molecule has 0 spiro atoms. The quantitative estimate of drug-likeness (QED) is 0.337. The molecule has 10 heteroatoms. The molecule has 1 atom stereocenters. The summed E-state index contributed by atoms with van der Waals surface area (Å²) in [6.07, 6.45) is 2.09. The smallest absolute Gasteiger partial charge is 0.271 e. The van der Waals surface area contributed by atoms with Gasteiger partial charge in [0.15, 0.2) is 11.5 Å². The number of thiocarbonyl (C=S) groups is 1. The topological polar surface area (TPSA) is 160 Å². The van der Waals surface area contributed by atoms with Gasteiger partial charge in [0.2, 0.25) is 5.91 Å². The average Bonchev–Trinajstić information content (AvgIpc) is 2.50. The molecule has 1 rings (SSSR count). The average molecular weight is 379 g/mol. The monoisotopic (exact) mass is 379 g/mol. The minimum atomic E-state index is -0.776. The van der Waals surface area contributed by atoms with E-state index in [9.17, 15) is 9.59 Å². The molecule has 26 heavy (non-hydrogen) atoms. The highest BCUT2D eigenvalue weighted by Gasteiger charge is 2.30. The van der Waals surface area contributed by atoms with Crippen LogP contribution >= 0.6 is 12.2 Å². The van der Waals surface area contributed by atoms with Gasteiger partial charge in [-0.25, -0.2) is 9.97 Å². The number of nitrogens with two attached hydrogens (primary N) is 2. The molecular weight excluding hydrogens is 354 g/mol. The Bertz CT molecular complexity index is 728. The highest BCUT2D eigenvalue weighted by Crippen LogP contribution is 2.23. The Hall–Kier alpha value is -2.62. The lowest BCUT2D eigenvalue weighted by molar-refractivity contribution is -0.120. The summed E-state index contributed by atoms with van der Waals surface area (Å²) < 4.78 is 0. The first-order valence-electron chi connectivity index (χ1n) is 8.04. The van der Waals surface area contributed by atoms with Gasteiger partial charge in [-0.05, 0) is 11.8 Å². The first-order chi connectivity index (χ1) is 12.0. The molecule has 0 saturated heterocycles. The van der Waals surface area contributed by atoms with E-state index in [1.165, 1.54) is 6.20 Å². The van der Waals surface area contributed by atoms with Gasteiger partial charge in [0.25, 0.3) is 5.91 Å². The molecule has 1 unspecified atom stereocenters. The van der Waals surface area contributed by atoms with Crippen molar-refractivity contribution in [1.29, 1.82) is 5.41 Å². The van der Waals surface area contributed by atoms with Crippen LogP contribution in [0.25, 0.3) is 0 Å². The number of amides is 2. The Labute approximate surface area is 157 Å². The van der Waals surface area contributed by atoms with E-state index in [0.29, 0.717) is 17.1 Å². The van der Waals surface area contributed by atoms with Crippen molar-refractivity contribution < 1.29 is 9.59 Å². The van der Waals surface area contributed by atoms with Crippen molar-refractivity contribution in [3.8, 4) is 0 Å². The zero-order chi connectivity index (χ0) is 20.1. The van der Waals surface area contributed by atoms with Gasteiger partial charge in [0.1, 0.15) is 11.9 Å². The Balaban J connectivity index is 3.14. The third-order valence-electron chi connectivity index (χ3n) is 3.51. The Morgan fingerprint density at radius 3 is 2.42 bits per heavy atom. The summed E-state index contributed by atoms with van der Waals surface area (Å²) in [6.45, 7) is 7.41. The van der Waals surface area contributed by atoms with E-state index >= 15 is 0 Å². The van der Waals surface area contributed by atoms with Crippen molar-refractivity contribution in [2.45, 2.75) is 46.6 Å². The summed E-state index contributed by atoms with van der Waals surface area (Å²) in [6, 6.07) is -0.704. The van der Waals surface area contributed by atoms with Crippen LogP contribution in [-0.4, -0.2) is 38.5 Å². The van der Waals surface area contributed by atoms with Crippen LogP contribution in [0.15, 0.2) is 6.20 Å². The second-order valence-electron chi connectivity index (χ2n) is 6.84. The molecule has 0 aliphatic heterocycles. The van der Waals surface area contributed by atoms with Gasteiger partial charge in [-0.2, -0.15) is 0 Å². The molecule has 7 N–H and O–H groups in total. The summed E-state index contributed by atoms with van der Waals surface area (Å²) in [5.74, 6) is -1.01. The zero-order valence-electron chi connectivity index (χ0n) is 15.3. The van der Waals surface area contributed by atoms with Crippen LogP contribution in [0.1, 0.15) is 51.0 Å². The van der Waals surface area contributed by atoms with Gasteiger partial charge in [0.05, 0.1) is 11.2 Å². The van der Waals surface area contributed by atoms with E-state index in [2.05, 4.69) is 20.6 Å². The van der Waals surface area contributed by atoms with Crippen molar-refractivity contribution in [1.82, 2.24) is 9.97 Å². The zero-order valence-corrected chi connectivity index (χ0v) is 16.2. The van der Waals surface area contributed by atoms with Crippen LogP contribution in [0.2, 0.25) is 0 Å². The fourth-order valence-corrected chi connectivity index (χ4v) is 2.35. The number of aromatic nitrogens is 2. The molecule has 0 radical (unpaired) electrons. The fraction of sp³-hybridized carbons (Fsp3) is 0.500. The predicted molar refractivity (Wildman–Crippen MR) is 105 cm³/mol. The minimum Gasteiger partial charge on any atom is -0.368 e. The normalized spacial score (nSPS) is 12.2. The second kappa shape index (κ2) is 8.65. The van der Waals surface area contributed by atoms with E-state index in [1.807, 2.05) is 27.7 Å². The molecule has 0 fully saturated rings. The maximum absolute atomic E-state index is 11.7. The lowest BCUT2D eigenvalue weighted by atomic mass is 9.86. The van der Waals surface area contributed by atoms with Gasteiger partial charge in [-0.3, -0.25) is 9.59 Å². The Kier molecular flexibility index (Phi) is 7.13. The minimum absolute atomic E-state index is 0.0635. The van der Waals surface area contributed by atoms with Crippen LogP contribution in [0.5, 0.6) is 0 Å². The van der Waals surface area contributed by atoms with Crippen molar-refractivity contribution in [3.63, 3.8) is 0 Å². The van der Waals surface area contributed by atoms with E-state index < -0.39 is 23.3 Å². The largest absolute Gasteiger partial charge is 0.368 e. The molecule has 9 nitrogen and oxygen atoms in total. The van der Waals surface area contributed by atoms with Crippen LogP contribution in [0.4, 0.5) is 11.6 Å². The molecule has 0 aromatic carbocycles. The van der Waals surface area contributed by atoms with Gasteiger partial charge in [-0.15, -0.1) is 0 Å². The predicted octanol–water partition coefficient (Wildman–Crippen LogP) is 1.45. The standard InChI is InChI=1S/C16H25N7O2S/c1-5-8(17)6-10(26)23-15-11(13(18)24)20-7-9(22-15)21-12(14(19)25)16(2,3)4/h7,12,17H,5-6H2,1-4H3,(H2,18,24)(H2,19,25)(H2,21,22,23,26). The Morgan fingerprint density at radius 1 is 1.35 bits per heavy atom. The van der Waals surface area contributed by atoms with Crippen molar-refractivity contribution >= 4 is 46.4 Å². The number of nitrogens with zero attached hydrogens (tertiary/aromatic N) is 2. The lowest BCUT2D eigenvalue weighted by Crippen LogP contribution is -2.45. The molecule has 0 aliphatic rings. The summed E-state index contributed by atoms with van der Waals surface area (Å²) in [5.41, 5.74) is 10.7. The maximum Gasteiger partial charge on any atom is 0.271 e. The van der Waals surface area contributed by atoms with E-state index in [1.54, 1.807) is 0 Å². The number of nitrogens with one attached hydrogen (secondary N) is 3. The molecule has 0 aliphatic carbocycles. The number of hydrogen-bond acceptors (Lipinski definition) is 7. The summed E-state index contributed by atoms with van der Waals surface area (Å²) in [5, 5.41) is 13.4. The fourth-order valence-electron chi connectivity index (χ4n) is 2.08. The maximum atomic E-state index is 11.7. The summed E-state index contributed by atoms with van der Waals surface area (Å²) in [7, 11) is 0. The third kappa shape index (κ3) is 6.03. The third-order valence-corrected chi connectivity index (χ3v) is 3.75. The lowest BCUT2D eigenvalue weighted by Gasteiger charge is -2.29. The Morgan fingerprint density at radius 2 is 1.96 bits per heavy atom. The van der Waals surface area contributed by atoms with E-state index in [4.69, 9.17) is 29.1 Å². The van der Waals surface area contributed by atoms with Gasteiger partial charge >= 0.3 is 0 Å². The molecule has 2 amide bonds. The molecule has 142 valence electrons. The summed E-state index contributed by atoms with van der Waals surface area (Å²) >= 11 is 5.19. The number of rotatable bonds is 8. The SMILES string of the molecule is CCC(=N)CC(=S)Nc1nc(NC(C(N)=O)C(C)(C)C)cnc1C(N)=O. The van der Waals surface area contributed by atoms with E-state index in [0.717, 1.165) is 0 Å². The molecule has 1 aromatic heterocycles. The molecule has 0 saturated carbocycles. The molecular formula is C16H25N7O2S. The van der Waals surface area contributed by atoms with Crippen molar-refractivity contribution in [2.75, 3.05) is 10.6 Å². The number of primary amides is 2. The van der Waals surface area contributed by atoms with E-state index in [-0.39, 0.29) is 23.8 Å². The number of carbonyl (C=O) groups excluding carboxylic acids is 2. The van der Waals surface area contributed by atoms with Crippen molar-refractivity contribution in [3.05, 3.63) is 11.9 Å². The van der Waals surface area contributed by atoms with Crippen LogP contribution in [-0.2, 0) is 4.79 Å². The van der Waals surface area contributed by atoms with Gasteiger partial charge < -0.3 is 27.5 Å². The molecule has 0 bridgehead atoms. The number of carbonyl (C=O) groups is 2. The highest BCUT2D eigenvalue weighted by atomic mass is 32.1. The molecule has 1 heterocycles. The molecule has 1 aromatic rings. The second-order valence-corrected chi connectivity index (χ2v) is 7.34. The first-order valence-corrected chi connectivity index (χ1v) is 8.45. The van der Waals surface area contributed by atoms with Gasteiger partial charge in [0, 0.05) is 12.1 Å². The van der Waals surface area contributed by atoms with Gasteiger partial charge in [-0.1, -0.05) is 39.9 Å². The van der Waals surface area contributed by atoms with Crippen LogP contribution < -0.4 is 22.1 Å². The number of anilines is 2. The van der Waals surface area contributed by atoms with Crippen LogP contribution in [0, 0.1) is 10.8 Å². The number of hydrogen-bond donors (Lipinski definition) is 5. The first kappa shape index (κ1) is 21.4. The van der Waals surface area contributed by atoms with Crippen molar-refractivity contribution in [2.24, 2.45) is 16.9 Å². The summed E-state index contributed by atoms with van der Waals surface area (Å²) in [4.78, 5) is 31.9. The highest BCUT2D eigenvalue weighted by molar-refractivity contribution is 7.80.